The van der Waals surface area contributed by atoms with Crippen molar-refractivity contribution in [2.24, 2.45) is 0 Å². The van der Waals surface area contributed by atoms with E-state index < -0.39 is 0 Å². The Morgan fingerprint density at radius 1 is 1.10 bits per heavy atom. The molecule has 1 aliphatic carbocycles. The van der Waals surface area contributed by atoms with Crippen molar-refractivity contribution in [3.05, 3.63) is 70.8 Å². The van der Waals surface area contributed by atoms with E-state index in [1.165, 1.54) is 41.5 Å². The Morgan fingerprint density at radius 3 is 2.90 bits per heavy atom. The molecule has 1 heteroatoms. The third-order valence-corrected chi connectivity index (χ3v) is 4.26. The summed E-state index contributed by atoms with van der Waals surface area (Å²) in [5, 5.41) is 3.75. The van der Waals surface area contributed by atoms with Crippen LogP contribution in [0.3, 0.4) is 0 Å². The molecule has 2 aromatic rings. The highest BCUT2D eigenvalue weighted by Gasteiger charge is 2.18. The summed E-state index contributed by atoms with van der Waals surface area (Å²) in [4.78, 5) is 0. The Kier molecular flexibility index (Phi) is 4.17. The van der Waals surface area contributed by atoms with Gasteiger partial charge >= 0.3 is 0 Å². The zero-order valence-corrected chi connectivity index (χ0v) is 12.2. The van der Waals surface area contributed by atoms with Gasteiger partial charge in [0.25, 0.3) is 0 Å². The number of fused-ring (bicyclic) bond motifs is 1. The first-order valence-electron chi connectivity index (χ1n) is 7.69. The molecular weight excluding hydrogens is 242 g/mol. The lowest BCUT2D eigenvalue weighted by Gasteiger charge is -2.26. The molecule has 0 fully saturated rings. The first-order chi connectivity index (χ1) is 9.83. The molecule has 1 nitrogen and oxygen atoms in total. The van der Waals surface area contributed by atoms with E-state index in [1.54, 1.807) is 0 Å². The summed E-state index contributed by atoms with van der Waals surface area (Å²) in [6.07, 6.45) is 4.93. The lowest BCUT2D eigenvalue weighted by Crippen LogP contribution is -2.27. The lowest BCUT2D eigenvalue weighted by atomic mass is 9.87. The van der Waals surface area contributed by atoms with Crippen LogP contribution in [0.5, 0.6) is 0 Å². The SMILES string of the molecule is Cc1cccc(CCNC2CCCc3ccccc32)c1. The molecule has 3 rings (SSSR count). The Morgan fingerprint density at radius 2 is 2.00 bits per heavy atom. The predicted molar refractivity (Wildman–Crippen MR) is 85.0 cm³/mol. The van der Waals surface area contributed by atoms with Crippen LogP contribution in [-0.2, 0) is 12.8 Å². The average Bonchev–Trinajstić information content (AvgIpc) is 2.48. The molecule has 0 saturated carbocycles. The van der Waals surface area contributed by atoms with E-state index in [-0.39, 0.29) is 0 Å². The maximum absolute atomic E-state index is 3.75. The molecule has 1 atom stereocenters. The fourth-order valence-corrected chi connectivity index (χ4v) is 3.22. The van der Waals surface area contributed by atoms with E-state index >= 15 is 0 Å². The van der Waals surface area contributed by atoms with Crippen molar-refractivity contribution in [3.8, 4) is 0 Å². The number of benzene rings is 2. The maximum Gasteiger partial charge on any atom is 0.0323 e. The van der Waals surface area contributed by atoms with Gasteiger partial charge < -0.3 is 5.32 Å². The summed E-state index contributed by atoms with van der Waals surface area (Å²) in [7, 11) is 0. The largest absolute Gasteiger partial charge is 0.310 e. The third-order valence-electron chi connectivity index (χ3n) is 4.26. The maximum atomic E-state index is 3.75. The van der Waals surface area contributed by atoms with Gasteiger partial charge in [-0.3, -0.25) is 0 Å². The van der Waals surface area contributed by atoms with Gasteiger partial charge in [-0.05, 0) is 55.8 Å². The third kappa shape index (κ3) is 3.10. The predicted octanol–water partition coefficient (Wildman–Crippen LogP) is 4.20. The second-order valence-corrected chi connectivity index (χ2v) is 5.84. The zero-order valence-electron chi connectivity index (χ0n) is 12.2. The summed E-state index contributed by atoms with van der Waals surface area (Å²) in [6.45, 7) is 3.22. The van der Waals surface area contributed by atoms with Crippen LogP contribution in [0.4, 0.5) is 0 Å². The molecule has 0 heterocycles. The molecule has 1 unspecified atom stereocenters. The van der Waals surface area contributed by atoms with Crippen molar-refractivity contribution in [2.75, 3.05) is 6.54 Å². The van der Waals surface area contributed by atoms with Gasteiger partial charge in [0.2, 0.25) is 0 Å². The quantitative estimate of drug-likeness (QED) is 0.873. The monoisotopic (exact) mass is 265 g/mol. The van der Waals surface area contributed by atoms with Gasteiger partial charge in [0, 0.05) is 6.04 Å². The molecule has 0 aromatic heterocycles. The number of hydrogen-bond acceptors (Lipinski definition) is 1. The normalized spacial score (nSPS) is 17.8. The van der Waals surface area contributed by atoms with Crippen LogP contribution in [0.25, 0.3) is 0 Å². The fourth-order valence-electron chi connectivity index (χ4n) is 3.22. The molecule has 0 aliphatic heterocycles. The van der Waals surface area contributed by atoms with Gasteiger partial charge in [-0.2, -0.15) is 0 Å². The van der Waals surface area contributed by atoms with E-state index in [0.717, 1.165) is 13.0 Å². The zero-order chi connectivity index (χ0) is 13.8. The molecule has 20 heavy (non-hydrogen) atoms. The van der Waals surface area contributed by atoms with Crippen molar-refractivity contribution in [1.29, 1.82) is 0 Å². The van der Waals surface area contributed by atoms with Crippen molar-refractivity contribution in [1.82, 2.24) is 5.32 Å². The lowest BCUT2D eigenvalue weighted by molar-refractivity contribution is 0.463. The van der Waals surface area contributed by atoms with Crippen LogP contribution >= 0.6 is 0 Å². The van der Waals surface area contributed by atoms with Crippen molar-refractivity contribution < 1.29 is 0 Å². The molecule has 0 amide bonds. The summed E-state index contributed by atoms with van der Waals surface area (Å²) >= 11 is 0. The highest BCUT2D eigenvalue weighted by molar-refractivity contribution is 5.32. The van der Waals surface area contributed by atoms with Gasteiger partial charge in [-0.1, -0.05) is 54.1 Å². The van der Waals surface area contributed by atoms with E-state index in [0.29, 0.717) is 6.04 Å². The van der Waals surface area contributed by atoms with Crippen LogP contribution in [0.15, 0.2) is 48.5 Å². The van der Waals surface area contributed by atoms with Gasteiger partial charge in [-0.25, -0.2) is 0 Å². The molecule has 0 radical (unpaired) electrons. The first kappa shape index (κ1) is 13.4. The average molecular weight is 265 g/mol. The second kappa shape index (κ2) is 6.23. The van der Waals surface area contributed by atoms with Gasteiger partial charge in [0.15, 0.2) is 0 Å². The minimum atomic E-state index is 0.546. The second-order valence-electron chi connectivity index (χ2n) is 5.84. The number of aryl methyl sites for hydroxylation is 2. The number of rotatable bonds is 4. The van der Waals surface area contributed by atoms with Crippen LogP contribution in [0.1, 0.15) is 41.1 Å². The molecule has 104 valence electrons. The van der Waals surface area contributed by atoms with E-state index in [1.807, 2.05) is 0 Å². The summed E-state index contributed by atoms with van der Waals surface area (Å²) in [5.41, 5.74) is 5.84. The standard InChI is InChI=1S/C19H23N/c1-15-6-4-7-16(14-15)12-13-20-19-11-5-9-17-8-2-3-10-18(17)19/h2-4,6-8,10,14,19-20H,5,9,11-13H2,1H3. The van der Waals surface area contributed by atoms with E-state index in [9.17, 15) is 0 Å². The smallest absolute Gasteiger partial charge is 0.0323 e. The van der Waals surface area contributed by atoms with E-state index in [2.05, 4.69) is 60.8 Å². The Balaban J connectivity index is 1.60. The molecular formula is C19H23N. The van der Waals surface area contributed by atoms with Crippen molar-refractivity contribution in [3.63, 3.8) is 0 Å². The summed E-state index contributed by atoms with van der Waals surface area (Å²) < 4.78 is 0. The van der Waals surface area contributed by atoms with Crippen LogP contribution < -0.4 is 5.32 Å². The van der Waals surface area contributed by atoms with Gasteiger partial charge in [-0.15, -0.1) is 0 Å². The van der Waals surface area contributed by atoms with Gasteiger partial charge in [0.1, 0.15) is 0 Å². The Bertz CT molecular complexity index is 573. The summed E-state index contributed by atoms with van der Waals surface area (Å²) in [6, 6.07) is 18.3. The van der Waals surface area contributed by atoms with Crippen molar-refractivity contribution >= 4 is 0 Å². The highest BCUT2D eigenvalue weighted by atomic mass is 14.9. The van der Waals surface area contributed by atoms with Crippen LogP contribution in [0, 0.1) is 6.92 Å². The molecule has 2 aromatic carbocycles. The summed E-state index contributed by atoms with van der Waals surface area (Å²) in [5.74, 6) is 0. The van der Waals surface area contributed by atoms with Crippen molar-refractivity contribution in [2.45, 2.75) is 38.6 Å². The fraction of sp³-hybridized carbons (Fsp3) is 0.368. The molecule has 1 aliphatic rings. The number of nitrogens with one attached hydrogen (secondary N) is 1. The Hall–Kier alpha value is -1.60. The van der Waals surface area contributed by atoms with E-state index in [4.69, 9.17) is 0 Å². The van der Waals surface area contributed by atoms with Crippen LogP contribution in [0.2, 0.25) is 0 Å². The molecule has 0 spiro atoms. The Labute approximate surface area is 122 Å². The minimum Gasteiger partial charge on any atom is -0.310 e. The van der Waals surface area contributed by atoms with Crippen LogP contribution in [-0.4, -0.2) is 6.54 Å². The highest BCUT2D eigenvalue weighted by Crippen LogP contribution is 2.29. The minimum absolute atomic E-state index is 0.546. The van der Waals surface area contributed by atoms with Gasteiger partial charge in [0.05, 0.1) is 0 Å². The topological polar surface area (TPSA) is 12.0 Å². The molecule has 1 N–H and O–H groups in total. The number of hydrogen-bond donors (Lipinski definition) is 1. The molecule has 0 saturated heterocycles. The first-order valence-corrected chi connectivity index (χ1v) is 7.69. The molecule has 0 bridgehead atoms.